The third-order valence-electron chi connectivity index (χ3n) is 4.74. The SMILES string of the molecule is CCn1c(N=Nc2cc3c(cc2NS(=O)(=O)C(F)(F)F)N(C)CCC3)nc(N)c1C#N. The van der Waals surface area contributed by atoms with Gasteiger partial charge in [-0.3, -0.25) is 9.29 Å². The average molecular weight is 456 g/mol. The molecule has 0 spiro atoms. The Hall–Kier alpha value is -3.34. The van der Waals surface area contributed by atoms with Crippen LogP contribution in [0.4, 0.5) is 42.0 Å². The molecule has 1 aliphatic heterocycles. The second kappa shape index (κ2) is 8.06. The Bertz CT molecular complexity index is 1180. The molecule has 1 aromatic heterocycles. The first-order valence-electron chi connectivity index (χ1n) is 9.13. The first-order chi connectivity index (χ1) is 14.5. The fourth-order valence-electron chi connectivity index (χ4n) is 3.22. The number of hydrogen-bond acceptors (Lipinski definition) is 8. The Morgan fingerprint density at radius 1 is 1.35 bits per heavy atom. The minimum atomic E-state index is -5.67. The molecule has 3 N–H and O–H groups in total. The summed E-state index contributed by atoms with van der Waals surface area (Å²) in [6.45, 7) is 2.69. The molecule has 14 heteroatoms. The van der Waals surface area contributed by atoms with Gasteiger partial charge in [0.1, 0.15) is 11.8 Å². The molecule has 1 aliphatic rings. The topological polar surface area (TPSA) is 142 Å². The van der Waals surface area contributed by atoms with Crippen molar-refractivity contribution in [3.05, 3.63) is 23.4 Å². The Balaban J connectivity index is 2.11. The van der Waals surface area contributed by atoms with Gasteiger partial charge in [-0.25, -0.2) is 0 Å². The number of halogens is 3. The van der Waals surface area contributed by atoms with Gasteiger partial charge in [0.15, 0.2) is 11.5 Å². The quantitative estimate of drug-likeness (QED) is 0.660. The number of azo groups is 1. The first-order valence-corrected chi connectivity index (χ1v) is 10.6. The molecule has 0 atom stereocenters. The van der Waals surface area contributed by atoms with Crippen LogP contribution in [0.25, 0.3) is 0 Å². The summed E-state index contributed by atoms with van der Waals surface area (Å²) in [6, 6.07) is 4.67. The minimum absolute atomic E-state index is 0.0315. The van der Waals surface area contributed by atoms with Crippen LogP contribution in [-0.2, 0) is 23.0 Å². The number of fused-ring (bicyclic) bond motifs is 1. The largest absolute Gasteiger partial charge is 0.516 e. The van der Waals surface area contributed by atoms with Gasteiger partial charge in [0.2, 0.25) is 0 Å². The Kier molecular flexibility index (Phi) is 5.81. The zero-order valence-electron chi connectivity index (χ0n) is 16.6. The highest BCUT2D eigenvalue weighted by Crippen LogP contribution is 2.39. The highest BCUT2D eigenvalue weighted by Gasteiger charge is 2.46. The van der Waals surface area contributed by atoms with Crippen LogP contribution in [0.2, 0.25) is 0 Å². The van der Waals surface area contributed by atoms with E-state index in [1.165, 1.54) is 16.7 Å². The maximum absolute atomic E-state index is 12.9. The molecule has 0 saturated carbocycles. The van der Waals surface area contributed by atoms with Crippen molar-refractivity contribution < 1.29 is 21.6 Å². The zero-order valence-corrected chi connectivity index (χ0v) is 17.4. The van der Waals surface area contributed by atoms with Gasteiger partial charge >= 0.3 is 15.5 Å². The smallest absolute Gasteiger partial charge is 0.381 e. The van der Waals surface area contributed by atoms with Crippen molar-refractivity contribution in [1.82, 2.24) is 9.55 Å². The van der Waals surface area contributed by atoms with Crippen LogP contribution < -0.4 is 15.4 Å². The standard InChI is InChI=1S/C17H19F3N8O2S/c1-3-28-14(9-21)15(22)23-16(28)25-24-11-7-10-5-4-6-27(2)13(10)8-12(11)26-31(29,30)17(18,19)20/h7-8,26H,3-6,22H2,1-2H3. The predicted molar refractivity (Wildman–Crippen MR) is 108 cm³/mol. The van der Waals surface area contributed by atoms with Crippen molar-refractivity contribution >= 4 is 38.9 Å². The van der Waals surface area contributed by atoms with Crippen molar-refractivity contribution in [3.8, 4) is 6.07 Å². The lowest BCUT2D eigenvalue weighted by molar-refractivity contribution is -0.0429. The maximum atomic E-state index is 12.9. The molecular weight excluding hydrogens is 437 g/mol. The van der Waals surface area contributed by atoms with E-state index in [0.29, 0.717) is 25.2 Å². The third-order valence-corrected chi connectivity index (χ3v) is 5.84. The van der Waals surface area contributed by atoms with E-state index in [1.54, 1.807) is 18.7 Å². The summed E-state index contributed by atoms with van der Waals surface area (Å²) in [6.07, 6.45) is 1.46. The van der Waals surface area contributed by atoms with Gasteiger partial charge in [0.25, 0.3) is 5.95 Å². The molecule has 0 fully saturated rings. The summed E-state index contributed by atoms with van der Waals surface area (Å²) in [5, 5.41) is 17.0. The number of nitriles is 1. The van der Waals surface area contributed by atoms with Crippen molar-refractivity contribution in [2.24, 2.45) is 10.2 Å². The number of sulfonamides is 1. The summed E-state index contributed by atoms with van der Waals surface area (Å²) in [4.78, 5) is 5.76. The Morgan fingerprint density at radius 2 is 2.06 bits per heavy atom. The van der Waals surface area contributed by atoms with E-state index in [4.69, 9.17) is 5.73 Å². The van der Waals surface area contributed by atoms with Crippen LogP contribution in [0.3, 0.4) is 0 Å². The molecular formula is C17H19F3N8O2S. The molecule has 0 bridgehead atoms. The van der Waals surface area contributed by atoms with E-state index < -0.39 is 15.5 Å². The van der Waals surface area contributed by atoms with Gasteiger partial charge < -0.3 is 10.6 Å². The van der Waals surface area contributed by atoms with Gasteiger partial charge in [-0.05, 0) is 37.5 Å². The van der Waals surface area contributed by atoms with Crippen LogP contribution in [0, 0.1) is 11.3 Å². The van der Waals surface area contributed by atoms with Gasteiger partial charge in [0, 0.05) is 25.8 Å². The Morgan fingerprint density at radius 3 is 2.68 bits per heavy atom. The van der Waals surface area contributed by atoms with Crippen LogP contribution in [0.5, 0.6) is 0 Å². The number of nitrogens with two attached hydrogens (primary N) is 1. The molecule has 0 radical (unpaired) electrons. The number of nitrogens with one attached hydrogen (secondary N) is 1. The highest BCUT2D eigenvalue weighted by molar-refractivity contribution is 7.93. The summed E-state index contributed by atoms with van der Waals surface area (Å²) in [7, 11) is -3.92. The van der Waals surface area contributed by atoms with E-state index in [-0.39, 0.29) is 28.8 Å². The summed E-state index contributed by atoms with van der Waals surface area (Å²) < 4.78 is 65.1. The number of nitrogens with zero attached hydrogens (tertiary/aromatic N) is 6. The second-order valence-corrected chi connectivity index (χ2v) is 8.45. The predicted octanol–water partition coefficient (Wildman–Crippen LogP) is 3.42. The lowest BCUT2D eigenvalue weighted by Gasteiger charge is -2.28. The molecule has 166 valence electrons. The van der Waals surface area contributed by atoms with E-state index in [2.05, 4.69) is 15.2 Å². The molecule has 0 amide bonds. The maximum Gasteiger partial charge on any atom is 0.516 e. The van der Waals surface area contributed by atoms with E-state index >= 15 is 0 Å². The monoisotopic (exact) mass is 456 g/mol. The van der Waals surface area contributed by atoms with Crippen molar-refractivity contribution in [2.75, 3.05) is 28.9 Å². The van der Waals surface area contributed by atoms with Crippen LogP contribution in [0.15, 0.2) is 22.4 Å². The molecule has 1 aromatic carbocycles. The van der Waals surface area contributed by atoms with Crippen molar-refractivity contribution in [3.63, 3.8) is 0 Å². The number of aryl methyl sites for hydroxylation is 1. The first kappa shape index (κ1) is 22.3. The number of benzene rings is 1. The zero-order chi connectivity index (χ0) is 23.0. The second-order valence-electron chi connectivity index (χ2n) is 6.78. The molecule has 2 aromatic rings. The molecule has 0 unspecified atom stereocenters. The number of hydrogen-bond donors (Lipinski definition) is 2. The number of rotatable bonds is 5. The average Bonchev–Trinajstić information content (AvgIpc) is 3.00. The Labute approximate surface area is 176 Å². The lowest BCUT2D eigenvalue weighted by atomic mass is 10.0. The van der Waals surface area contributed by atoms with E-state index in [9.17, 15) is 26.9 Å². The van der Waals surface area contributed by atoms with E-state index in [1.807, 2.05) is 11.0 Å². The fraction of sp³-hybridized carbons (Fsp3) is 0.412. The van der Waals surface area contributed by atoms with Crippen LogP contribution in [0.1, 0.15) is 24.6 Å². The summed E-state index contributed by atoms with van der Waals surface area (Å²) in [5.74, 6) is -0.0978. The molecule has 0 saturated heterocycles. The molecule has 10 nitrogen and oxygen atoms in total. The number of nitrogen functional groups attached to an aromatic ring is 1. The normalized spacial score (nSPS) is 14.5. The van der Waals surface area contributed by atoms with Gasteiger partial charge in [-0.15, -0.1) is 10.2 Å². The number of imidazole rings is 1. The van der Waals surface area contributed by atoms with Crippen LogP contribution >= 0.6 is 0 Å². The lowest BCUT2D eigenvalue weighted by Crippen LogP contribution is -2.30. The van der Waals surface area contributed by atoms with E-state index in [0.717, 1.165) is 12.0 Å². The molecule has 31 heavy (non-hydrogen) atoms. The minimum Gasteiger partial charge on any atom is -0.381 e. The summed E-state index contributed by atoms with van der Waals surface area (Å²) >= 11 is 0. The number of aromatic nitrogens is 2. The molecule has 0 aliphatic carbocycles. The molecule has 3 rings (SSSR count). The number of alkyl halides is 3. The van der Waals surface area contributed by atoms with Gasteiger partial charge in [0.05, 0.1) is 5.69 Å². The molecule has 2 heterocycles. The van der Waals surface area contributed by atoms with Crippen molar-refractivity contribution in [2.45, 2.75) is 31.8 Å². The summed E-state index contributed by atoms with van der Waals surface area (Å²) in [5.41, 5.74) is 1.14. The van der Waals surface area contributed by atoms with Crippen molar-refractivity contribution in [1.29, 1.82) is 5.26 Å². The van der Waals surface area contributed by atoms with Gasteiger partial charge in [-0.1, -0.05) is 0 Å². The highest BCUT2D eigenvalue weighted by atomic mass is 32.2. The van der Waals surface area contributed by atoms with Gasteiger partial charge in [-0.2, -0.15) is 31.8 Å². The third kappa shape index (κ3) is 4.26. The number of anilines is 3. The van der Waals surface area contributed by atoms with Crippen LogP contribution in [-0.4, -0.2) is 37.1 Å². The fourth-order valence-corrected chi connectivity index (χ4v) is 3.79.